The van der Waals surface area contributed by atoms with Gasteiger partial charge in [-0.15, -0.1) is 0 Å². The van der Waals surface area contributed by atoms with Crippen molar-refractivity contribution >= 4 is 17.5 Å². The van der Waals surface area contributed by atoms with Crippen LogP contribution < -0.4 is 5.32 Å². The molecule has 1 heterocycles. The quantitative estimate of drug-likeness (QED) is 0.754. The first kappa shape index (κ1) is 17.2. The van der Waals surface area contributed by atoms with Crippen molar-refractivity contribution in [3.8, 4) is 11.4 Å². The number of carbonyl (C=O) groups excluding carboxylic acids is 1. The van der Waals surface area contributed by atoms with E-state index in [1.165, 1.54) is 5.56 Å². The number of aromatic nitrogens is 2. The molecule has 0 saturated carbocycles. The molecule has 25 heavy (non-hydrogen) atoms. The lowest BCUT2D eigenvalue weighted by atomic mass is 10.0. The van der Waals surface area contributed by atoms with Crippen molar-refractivity contribution in [3.63, 3.8) is 0 Å². The Balaban J connectivity index is 1.60. The standard InChI is InChI=1S/C19H18ClN3O2/c1-12-7-8-14(13(2)9-12)10-17(24)21-11-18-22-19(23-25-18)15-5-3-4-6-16(15)20/h3-9H,10-11H2,1-2H3,(H,21,24). The van der Waals surface area contributed by atoms with Gasteiger partial charge < -0.3 is 9.84 Å². The number of nitrogens with one attached hydrogen (secondary N) is 1. The van der Waals surface area contributed by atoms with Gasteiger partial charge in [0.1, 0.15) is 0 Å². The van der Waals surface area contributed by atoms with Gasteiger partial charge in [0.15, 0.2) is 0 Å². The highest BCUT2D eigenvalue weighted by molar-refractivity contribution is 6.33. The molecule has 0 fully saturated rings. The van der Waals surface area contributed by atoms with Crippen molar-refractivity contribution in [2.75, 3.05) is 0 Å². The third-order valence-corrected chi connectivity index (χ3v) is 4.20. The van der Waals surface area contributed by atoms with Gasteiger partial charge in [-0.1, -0.05) is 52.7 Å². The van der Waals surface area contributed by atoms with E-state index in [-0.39, 0.29) is 12.5 Å². The van der Waals surface area contributed by atoms with Crippen LogP contribution in [0.4, 0.5) is 0 Å². The summed E-state index contributed by atoms with van der Waals surface area (Å²) in [4.78, 5) is 16.4. The summed E-state index contributed by atoms with van der Waals surface area (Å²) in [6.07, 6.45) is 0.317. The maximum atomic E-state index is 12.1. The summed E-state index contributed by atoms with van der Waals surface area (Å²) in [5.74, 6) is 0.651. The number of benzene rings is 2. The van der Waals surface area contributed by atoms with Crippen LogP contribution in [-0.2, 0) is 17.8 Å². The van der Waals surface area contributed by atoms with Crippen LogP contribution >= 0.6 is 11.6 Å². The molecule has 1 amide bonds. The van der Waals surface area contributed by atoms with Crippen LogP contribution in [0.15, 0.2) is 47.0 Å². The molecule has 5 nitrogen and oxygen atoms in total. The molecule has 1 N–H and O–H groups in total. The van der Waals surface area contributed by atoms with E-state index in [1.807, 2.05) is 44.2 Å². The van der Waals surface area contributed by atoms with E-state index in [9.17, 15) is 4.79 Å². The Morgan fingerprint density at radius 2 is 2.00 bits per heavy atom. The Morgan fingerprint density at radius 3 is 2.76 bits per heavy atom. The van der Waals surface area contributed by atoms with E-state index < -0.39 is 0 Å². The Bertz CT molecular complexity index is 905. The highest BCUT2D eigenvalue weighted by Crippen LogP contribution is 2.24. The molecule has 0 aliphatic carbocycles. The van der Waals surface area contributed by atoms with Crippen LogP contribution in [0.2, 0.25) is 5.02 Å². The fourth-order valence-corrected chi connectivity index (χ4v) is 2.75. The molecule has 3 aromatic rings. The fraction of sp³-hybridized carbons (Fsp3) is 0.211. The van der Waals surface area contributed by atoms with Crippen LogP contribution in [0.5, 0.6) is 0 Å². The van der Waals surface area contributed by atoms with E-state index in [2.05, 4.69) is 21.5 Å². The summed E-state index contributed by atoms with van der Waals surface area (Å²) in [6, 6.07) is 13.3. The summed E-state index contributed by atoms with van der Waals surface area (Å²) in [6.45, 7) is 4.22. The predicted molar refractivity (Wildman–Crippen MR) is 96.2 cm³/mol. The van der Waals surface area contributed by atoms with Crippen LogP contribution in [-0.4, -0.2) is 16.0 Å². The topological polar surface area (TPSA) is 68.0 Å². The smallest absolute Gasteiger partial charge is 0.246 e. The maximum absolute atomic E-state index is 12.1. The largest absolute Gasteiger partial charge is 0.347 e. The number of hydrogen-bond acceptors (Lipinski definition) is 4. The molecule has 1 aromatic heterocycles. The number of rotatable bonds is 5. The van der Waals surface area contributed by atoms with Gasteiger partial charge in [-0.05, 0) is 37.1 Å². The van der Waals surface area contributed by atoms with Crippen molar-refractivity contribution in [2.45, 2.75) is 26.8 Å². The van der Waals surface area contributed by atoms with Gasteiger partial charge in [0, 0.05) is 5.56 Å². The average molecular weight is 356 g/mol. The van der Waals surface area contributed by atoms with E-state index in [0.29, 0.717) is 28.7 Å². The molecule has 2 aromatic carbocycles. The van der Waals surface area contributed by atoms with Crippen LogP contribution in [0.1, 0.15) is 22.6 Å². The van der Waals surface area contributed by atoms with Gasteiger partial charge in [0.2, 0.25) is 17.6 Å². The van der Waals surface area contributed by atoms with Crippen LogP contribution in [0.3, 0.4) is 0 Å². The van der Waals surface area contributed by atoms with Gasteiger partial charge in [0.05, 0.1) is 18.0 Å². The molecule has 3 rings (SSSR count). The second-order valence-corrected chi connectivity index (χ2v) is 6.28. The second kappa shape index (κ2) is 7.49. The highest BCUT2D eigenvalue weighted by Gasteiger charge is 2.12. The monoisotopic (exact) mass is 355 g/mol. The van der Waals surface area contributed by atoms with E-state index in [4.69, 9.17) is 16.1 Å². The van der Waals surface area contributed by atoms with Crippen molar-refractivity contribution in [1.29, 1.82) is 0 Å². The summed E-state index contributed by atoms with van der Waals surface area (Å²) < 4.78 is 5.18. The lowest BCUT2D eigenvalue weighted by molar-refractivity contribution is -0.120. The Labute approximate surface area is 151 Å². The van der Waals surface area contributed by atoms with E-state index in [1.54, 1.807) is 6.07 Å². The molecular formula is C19H18ClN3O2. The molecule has 0 saturated heterocycles. The lowest BCUT2D eigenvalue weighted by Crippen LogP contribution is -2.25. The zero-order valence-electron chi connectivity index (χ0n) is 14.0. The Kier molecular flexibility index (Phi) is 5.14. The van der Waals surface area contributed by atoms with Gasteiger partial charge in [-0.25, -0.2) is 0 Å². The average Bonchev–Trinajstić information content (AvgIpc) is 3.05. The summed E-state index contributed by atoms with van der Waals surface area (Å²) in [7, 11) is 0. The summed E-state index contributed by atoms with van der Waals surface area (Å²) in [5.41, 5.74) is 3.99. The highest BCUT2D eigenvalue weighted by atomic mass is 35.5. The molecule has 0 aliphatic rings. The summed E-state index contributed by atoms with van der Waals surface area (Å²) >= 11 is 6.12. The third-order valence-electron chi connectivity index (χ3n) is 3.87. The molecule has 6 heteroatoms. The summed E-state index contributed by atoms with van der Waals surface area (Å²) in [5, 5.41) is 7.26. The normalized spacial score (nSPS) is 10.7. The zero-order valence-corrected chi connectivity index (χ0v) is 14.8. The molecule has 0 spiro atoms. The van der Waals surface area contributed by atoms with Crippen molar-refractivity contribution in [3.05, 3.63) is 70.1 Å². The van der Waals surface area contributed by atoms with Gasteiger partial charge in [0.25, 0.3) is 0 Å². The van der Waals surface area contributed by atoms with Crippen LogP contribution in [0, 0.1) is 13.8 Å². The molecule has 0 atom stereocenters. The molecular weight excluding hydrogens is 338 g/mol. The van der Waals surface area contributed by atoms with Gasteiger partial charge in [-0.3, -0.25) is 4.79 Å². The van der Waals surface area contributed by atoms with Gasteiger partial charge in [-0.2, -0.15) is 4.98 Å². The number of carbonyl (C=O) groups is 1. The first-order chi connectivity index (χ1) is 12.0. The SMILES string of the molecule is Cc1ccc(CC(=O)NCc2nc(-c3ccccc3Cl)no2)c(C)c1. The number of amides is 1. The van der Waals surface area contributed by atoms with E-state index in [0.717, 1.165) is 11.1 Å². The molecule has 0 bridgehead atoms. The second-order valence-electron chi connectivity index (χ2n) is 5.88. The first-order valence-electron chi connectivity index (χ1n) is 7.93. The molecule has 0 aliphatic heterocycles. The number of halogens is 1. The number of aryl methyl sites for hydroxylation is 2. The van der Waals surface area contributed by atoms with Gasteiger partial charge >= 0.3 is 0 Å². The lowest BCUT2D eigenvalue weighted by Gasteiger charge is -2.07. The maximum Gasteiger partial charge on any atom is 0.246 e. The molecule has 0 radical (unpaired) electrons. The minimum atomic E-state index is -0.0931. The Morgan fingerprint density at radius 1 is 1.20 bits per heavy atom. The third kappa shape index (κ3) is 4.25. The Hall–Kier alpha value is -2.66. The fourth-order valence-electron chi connectivity index (χ4n) is 2.53. The van der Waals surface area contributed by atoms with Crippen LogP contribution in [0.25, 0.3) is 11.4 Å². The number of nitrogens with zero attached hydrogens (tertiary/aromatic N) is 2. The molecule has 128 valence electrons. The number of hydrogen-bond donors (Lipinski definition) is 1. The zero-order chi connectivity index (χ0) is 17.8. The van der Waals surface area contributed by atoms with Crippen molar-refractivity contribution in [2.24, 2.45) is 0 Å². The molecule has 0 unspecified atom stereocenters. The van der Waals surface area contributed by atoms with Crippen molar-refractivity contribution in [1.82, 2.24) is 15.5 Å². The minimum absolute atomic E-state index is 0.0931. The van der Waals surface area contributed by atoms with Crippen molar-refractivity contribution < 1.29 is 9.32 Å². The minimum Gasteiger partial charge on any atom is -0.347 e. The first-order valence-corrected chi connectivity index (χ1v) is 8.31. The predicted octanol–water partition coefficient (Wildman–Crippen LogP) is 3.87. The van der Waals surface area contributed by atoms with E-state index >= 15 is 0 Å².